The quantitative estimate of drug-likeness (QED) is 0.734. The molecule has 2 aliphatic rings. The molecule has 3 atom stereocenters. The Labute approximate surface area is 87.9 Å². The van der Waals surface area contributed by atoms with Crippen LogP contribution in [0.25, 0.3) is 0 Å². The Balaban J connectivity index is 2.21. The lowest BCUT2D eigenvalue weighted by molar-refractivity contribution is -0.142. The fourth-order valence-electron chi connectivity index (χ4n) is 2.77. The number of aliphatic hydroxyl groups excluding tert-OH is 1. The smallest absolute Gasteiger partial charge is 0.320 e. The monoisotopic (exact) mass is 216 g/mol. The minimum Gasteiger partial charge on any atom is -0.480 e. The van der Waals surface area contributed by atoms with Gasteiger partial charge in [0, 0.05) is 5.92 Å². The van der Waals surface area contributed by atoms with Crippen LogP contribution in [-0.2, 0) is 4.79 Å². The van der Waals surface area contributed by atoms with Crippen molar-refractivity contribution in [2.24, 2.45) is 5.92 Å². The summed E-state index contributed by atoms with van der Waals surface area (Å²) in [5.74, 6) is 0.189. The molecular weight excluding hydrogens is 200 g/mol. The van der Waals surface area contributed by atoms with Crippen molar-refractivity contribution in [2.75, 3.05) is 5.75 Å². The molecule has 0 spiro atoms. The molecule has 0 amide bonds. The second-order valence-corrected chi connectivity index (χ2v) is 5.68. The third kappa shape index (κ3) is 1.44. The lowest BCUT2D eigenvalue weighted by Crippen LogP contribution is -2.44. The van der Waals surface area contributed by atoms with Crippen LogP contribution in [0.15, 0.2) is 0 Å². The van der Waals surface area contributed by atoms with Gasteiger partial charge in [0.2, 0.25) is 0 Å². The van der Waals surface area contributed by atoms with E-state index in [-0.39, 0.29) is 5.92 Å². The van der Waals surface area contributed by atoms with Crippen molar-refractivity contribution in [1.29, 1.82) is 0 Å². The van der Waals surface area contributed by atoms with Gasteiger partial charge >= 0.3 is 5.97 Å². The number of carboxylic acids is 1. The van der Waals surface area contributed by atoms with Gasteiger partial charge in [-0.05, 0) is 31.4 Å². The lowest BCUT2D eigenvalue weighted by atomic mass is 9.85. The molecule has 1 aliphatic carbocycles. The molecule has 1 saturated carbocycles. The number of rotatable bonds is 2. The lowest BCUT2D eigenvalue weighted by Gasteiger charge is -2.32. The van der Waals surface area contributed by atoms with Crippen molar-refractivity contribution in [2.45, 2.75) is 43.0 Å². The second-order valence-electron chi connectivity index (χ2n) is 4.25. The predicted octanol–water partition coefficient (Wildman–Crippen LogP) is 1.50. The molecule has 3 nitrogen and oxygen atoms in total. The molecule has 2 fully saturated rings. The van der Waals surface area contributed by atoms with E-state index < -0.39 is 16.8 Å². The van der Waals surface area contributed by atoms with Crippen LogP contribution in [0.3, 0.4) is 0 Å². The molecule has 1 saturated heterocycles. The van der Waals surface area contributed by atoms with Gasteiger partial charge in [0.05, 0.1) is 6.10 Å². The zero-order valence-corrected chi connectivity index (χ0v) is 8.92. The number of thioether (sulfide) groups is 1. The van der Waals surface area contributed by atoms with Crippen LogP contribution in [0.4, 0.5) is 0 Å². The Morgan fingerprint density at radius 2 is 2.14 bits per heavy atom. The zero-order valence-electron chi connectivity index (χ0n) is 8.11. The van der Waals surface area contributed by atoms with Crippen molar-refractivity contribution in [1.82, 2.24) is 0 Å². The molecule has 1 heterocycles. The van der Waals surface area contributed by atoms with Crippen molar-refractivity contribution < 1.29 is 15.0 Å². The molecule has 1 aliphatic heterocycles. The molecule has 0 bridgehead atoms. The molecule has 3 unspecified atom stereocenters. The van der Waals surface area contributed by atoms with Crippen molar-refractivity contribution >= 4 is 17.7 Å². The van der Waals surface area contributed by atoms with E-state index in [0.717, 1.165) is 37.9 Å². The highest BCUT2D eigenvalue weighted by Gasteiger charge is 2.52. The molecule has 2 N–H and O–H groups in total. The third-order valence-corrected chi connectivity index (χ3v) is 5.18. The van der Waals surface area contributed by atoms with E-state index in [1.807, 2.05) is 0 Å². The first-order chi connectivity index (χ1) is 6.67. The van der Waals surface area contributed by atoms with Gasteiger partial charge < -0.3 is 10.2 Å². The summed E-state index contributed by atoms with van der Waals surface area (Å²) in [5.41, 5.74) is 0. The molecule has 2 rings (SSSR count). The molecule has 0 aromatic rings. The van der Waals surface area contributed by atoms with Gasteiger partial charge in [-0.2, -0.15) is 0 Å². The number of aliphatic carboxylic acids is 1. The molecular formula is C10H16O3S. The fourth-order valence-corrected chi connectivity index (χ4v) is 4.32. The second kappa shape index (κ2) is 3.74. The van der Waals surface area contributed by atoms with Crippen LogP contribution in [0.2, 0.25) is 0 Å². The predicted molar refractivity (Wildman–Crippen MR) is 55.4 cm³/mol. The first kappa shape index (κ1) is 10.3. The minimum atomic E-state index is -0.717. The van der Waals surface area contributed by atoms with Gasteiger partial charge in [-0.25, -0.2) is 0 Å². The topological polar surface area (TPSA) is 57.5 Å². The standard InChI is InChI=1S/C10H16O3S/c11-8-4-1-3-7(8)10(9(12)13)5-2-6-14-10/h7-8,11H,1-6H2,(H,12,13). The van der Waals surface area contributed by atoms with E-state index in [2.05, 4.69) is 0 Å². The number of hydrogen-bond acceptors (Lipinski definition) is 3. The number of aliphatic hydroxyl groups is 1. The summed E-state index contributed by atoms with van der Waals surface area (Å²) >= 11 is 1.54. The SMILES string of the molecule is O=C(O)C1(C2CCCC2O)CCCS1. The normalized spacial score (nSPS) is 42.9. The van der Waals surface area contributed by atoms with Gasteiger partial charge in [-0.15, -0.1) is 11.8 Å². The maximum absolute atomic E-state index is 11.3. The Morgan fingerprint density at radius 1 is 1.36 bits per heavy atom. The summed E-state index contributed by atoms with van der Waals surface area (Å²) < 4.78 is -0.671. The van der Waals surface area contributed by atoms with Crippen LogP contribution in [0.1, 0.15) is 32.1 Å². The van der Waals surface area contributed by atoms with E-state index in [1.165, 1.54) is 11.8 Å². The minimum absolute atomic E-state index is 0.0208. The summed E-state index contributed by atoms with van der Waals surface area (Å²) in [6.07, 6.45) is 3.94. The zero-order chi connectivity index (χ0) is 10.2. The van der Waals surface area contributed by atoms with Crippen LogP contribution in [-0.4, -0.2) is 32.8 Å². The van der Waals surface area contributed by atoms with Gasteiger partial charge in [0.25, 0.3) is 0 Å². The molecule has 80 valence electrons. The summed E-state index contributed by atoms with van der Waals surface area (Å²) in [4.78, 5) is 11.3. The van der Waals surface area contributed by atoms with E-state index >= 15 is 0 Å². The molecule has 0 radical (unpaired) electrons. The van der Waals surface area contributed by atoms with Crippen molar-refractivity contribution in [3.8, 4) is 0 Å². The van der Waals surface area contributed by atoms with Gasteiger partial charge in [-0.3, -0.25) is 4.79 Å². The highest BCUT2D eigenvalue weighted by Crippen LogP contribution is 2.49. The molecule has 4 heteroatoms. The molecule has 14 heavy (non-hydrogen) atoms. The third-order valence-electron chi connectivity index (χ3n) is 3.49. The molecule has 0 aromatic heterocycles. The first-order valence-electron chi connectivity index (χ1n) is 5.22. The fraction of sp³-hybridized carbons (Fsp3) is 0.900. The number of carboxylic acid groups (broad SMARTS) is 1. The highest BCUT2D eigenvalue weighted by molar-refractivity contribution is 8.01. The summed E-state index contributed by atoms with van der Waals surface area (Å²) in [7, 11) is 0. The average molecular weight is 216 g/mol. The van der Waals surface area contributed by atoms with E-state index in [1.54, 1.807) is 0 Å². The summed E-state index contributed by atoms with van der Waals surface area (Å²) in [6.45, 7) is 0. The molecule has 0 aromatic carbocycles. The van der Waals surface area contributed by atoms with E-state index in [0.29, 0.717) is 0 Å². The maximum atomic E-state index is 11.3. The van der Waals surface area contributed by atoms with E-state index in [4.69, 9.17) is 0 Å². The number of hydrogen-bond donors (Lipinski definition) is 2. The van der Waals surface area contributed by atoms with Crippen molar-refractivity contribution in [3.63, 3.8) is 0 Å². The Kier molecular flexibility index (Phi) is 2.75. The van der Waals surface area contributed by atoms with Crippen LogP contribution in [0.5, 0.6) is 0 Å². The summed E-state index contributed by atoms with van der Waals surface area (Å²) in [5, 5.41) is 19.1. The first-order valence-corrected chi connectivity index (χ1v) is 6.21. The largest absolute Gasteiger partial charge is 0.480 e. The Morgan fingerprint density at radius 3 is 2.57 bits per heavy atom. The Hall–Kier alpha value is -0.220. The average Bonchev–Trinajstić information content (AvgIpc) is 2.72. The van der Waals surface area contributed by atoms with Gasteiger partial charge in [0.1, 0.15) is 4.75 Å². The highest BCUT2D eigenvalue weighted by atomic mass is 32.2. The van der Waals surface area contributed by atoms with Crippen molar-refractivity contribution in [3.05, 3.63) is 0 Å². The van der Waals surface area contributed by atoms with Gasteiger partial charge in [0.15, 0.2) is 0 Å². The van der Waals surface area contributed by atoms with Crippen LogP contribution >= 0.6 is 11.8 Å². The Bertz CT molecular complexity index is 236. The van der Waals surface area contributed by atoms with Gasteiger partial charge in [-0.1, -0.05) is 6.42 Å². The van der Waals surface area contributed by atoms with Crippen LogP contribution in [0, 0.1) is 5.92 Å². The van der Waals surface area contributed by atoms with Crippen LogP contribution < -0.4 is 0 Å². The number of carbonyl (C=O) groups is 1. The van der Waals surface area contributed by atoms with E-state index in [9.17, 15) is 15.0 Å². The maximum Gasteiger partial charge on any atom is 0.320 e. The summed E-state index contributed by atoms with van der Waals surface area (Å²) in [6, 6.07) is 0.